The molecule has 0 aliphatic carbocycles. The van der Waals surface area contributed by atoms with E-state index in [1.807, 2.05) is 12.1 Å². The molecule has 1 fully saturated rings. The lowest BCUT2D eigenvalue weighted by atomic mass is 10.2. The second-order valence-corrected chi connectivity index (χ2v) is 5.25. The topological polar surface area (TPSA) is 71.8 Å². The summed E-state index contributed by atoms with van der Waals surface area (Å²) in [7, 11) is 0. The van der Waals surface area contributed by atoms with Crippen LogP contribution >= 0.6 is 0 Å². The first-order valence-corrected chi connectivity index (χ1v) is 7.08. The van der Waals surface area contributed by atoms with Gasteiger partial charge in [-0.2, -0.15) is 5.26 Å². The number of aromatic nitrogens is 3. The van der Waals surface area contributed by atoms with Crippen LogP contribution in [0.15, 0.2) is 24.7 Å². The van der Waals surface area contributed by atoms with Crippen molar-refractivity contribution in [1.29, 1.82) is 5.26 Å². The summed E-state index contributed by atoms with van der Waals surface area (Å²) in [6.45, 7) is 6.83. The van der Waals surface area contributed by atoms with Crippen molar-refractivity contribution in [1.82, 2.24) is 19.9 Å². The number of nitriles is 1. The maximum Gasteiger partial charge on any atom is 0.128 e. The number of aryl methyl sites for hydroxylation is 1. The van der Waals surface area contributed by atoms with Gasteiger partial charge < -0.3 is 9.88 Å². The molecule has 1 N–H and O–H groups in total. The second-order valence-electron chi connectivity index (χ2n) is 5.25. The van der Waals surface area contributed by atoms with Crippen LogP contribution in [0.1, 0.15) is 17.0 Å². The van der Waals surface area contributed by atoms with Gasteiger partial charge in [-0.15, -0.1) is 0 Å². The molecule has 2 aromatic rings. The van der Waals surface area contributed by atoms with Gasteiger partial charge >= 0.3 is 0 Å². The Labute approximate surface area is 124 Å². The fourth-order valence-corrected chi connectivity index (χ4v) is 2.53. The molecule has 0 radical (unpaired) electrons. The van der Waals surface area contributed by atoms with Gasteiger partial charge in [0.15, 0.2) is 0 Å². The van der Waals surface area contributed by atoms with Gasteiger partial charge in [0.05, 0.1) is 17.6 Å². The molecule has 1 saturated heterocycles. The fraction of sp³-hybridized carbons (Fsp3) is 0.400. The molecule has 108 valence electrons. The molecule has 2 aromatic heterocycles. The van der Waals surface area contributed by atoms with Gasteiger partial charge in [-0.1, -0.05) is 0 Å². The van der Waals surface area contributed by atoms with E-state index in [9.17, 15) is 0 Å². The zero-order valence-corrected chi connectivity index (χ0v) is 12.1. The number of piperazine rings is 1. The van der Waals surface area contributed by atoms with Crippen LogP contribution in [0.25, 0.3) is 0 Å². The third kappa shape index (κ3) is 3.03. The van der Waals surface area contributed by atoms with E-state index in [2.05, 4.69) is 37.7 Å². The van der Waals surface area contributed by atoms with E-state index in [1.54, 1.807) is 12.5 Å². The first-order chi connectivity index (χ1) is 10.3. The number of hydrogen-bond acceptors (Lipinski definition) is 5. The van der Waals surface area contributed by atoms with Crippen molar-refractivity contribution < 1.29 is 0 Å². The number of anilines is 1. The van der Waals surface area contributed by atoms with Gasteiger partial charge in [-0.25, -0.2) is 9.97 Å². The molecule has 1 aliphatic heterocycles. The summed E-state index contributed by atoms with van der Waals surface area (Å²) >= 11 is 0. The zero-order valence-electron chi connectivity index (χ0n) is 12.1. The van der Waals surface area contributed by atoms with Gasteiger partial charge in [0.25, 0.3) is 0 Å². The van der Waals surface area contributed by atoms with E-state index in [1.165, 1.54) is 0 Å². The lowest BCUT2D eigenvalue weighted by molar-refractivity contribution is 0.246. The molecule has 6 heteroatoms. The van der Waals surface area contributed by atoms with Crippen molar-refractivity contribution >= 4 is 5.82 Å². The van der Waals surface area contributed by atoms with Crippen molar-refractivity contribution in [2.24, 2.45) is 0 Å². The van der Waals surface area contributed by atoms with Crippen LogP contribution in [0, 0.1) is 18.3 Å². The molecule has 0 aromatic carbocycles. The molecule has 6 nitrogen and oxygen atoms in total. The maximum atomic E-state index is 8.80. The van der Waals surface area contributed by atoms with Crippen LogP contribution in [0.3, 0.4) is 0 Å². The Morgan fingerprint density at radius 1 is 1.24 bits per heavy atom. The average Bonchev–Trinajstić information content (AvgIpc) is 2.93. The highest BCUT2D eigenvalue weighted by Crippen LogP contribution is 2.15. The standard InChI is InChI=1S/C15H18N6/c1-12-14(19-11-18-12)10-20-4-6-21(7-5-20)15-3-2-13(8-16)9-17-15/h2-3,9,11H,4-7,10H2,1H3,(H,18,19). The molecule has 0 amide bonds. The SMILES string of the molecule is Cc1[nH]cnc1CN1CCN(c2ccc(C#N)cn2)CC1. The van der Waals surface area contributed by atoms with Crippen LogP contribution in [0.2, 0.25) is 0 Å². The summed E-state index contributed by atoms with van der Waals surface area (Å²) in [5.74, 6) is 0.949. The molecule has 3 heterocycles. The van der Waals surface area contributed by atoms with Gasteiger partial charge in [-0.05, 0) is 19.1 Å². The lowest BCUT2D eigenvalue weighted by Crippen LogP contribution is -2.46. The normalized spacial score (nSPS) is 15.9. The Bertz CT molecular complexity index is 631. The van der Waals surface area contributed by atoms with E-state index in [0.717, 1.165) is 49.9 Å². The number of nitrogens with one attached hydrogen (secondary N) is 1. The number of nitrogens with zero attached hydrogens (tertiary/aromatic N) is 5. The van der Waals surface area contributed by atoms with E-state index in [4.69, 9.17) is 5.26 Å². The van der Waals surface area contributed by atoms with E-state index >= 15 is 0 Å². The summed E-state index contributed by atoms with van der Waals surface area (Å²) in [5.41, 5.74) is 2.87. The lowest BCUT2D eigenvalue weighted by Gasteiger charge is -2.35. The molecule has 0 bridgehead atoms. The molecule has 0 atom stereocenters. The first kappa shape index (κ1) is 13.6. The average molecular weight is 282 g/mol. The van der Waals surface area contributed by atoms with E-state index < -0.39 is 0 Å². The highest BCUT2D eigenvalue weighted by Gasteiger charge is 2.19. The van der Waals surface area contributed by atoms with Gasteiger partial charge in [0, 0.05) is 44.6 Å². The Hall–Kier alpha value is -2.39. The molecule has 0 saturated carbocycles. The van der Waals surface area contributed by atoms with Crippen molar-refractivity contribution in [2.75, 3.05) is 31.1 Å². The minimum absolute atomic E-state index is 0.603. The summed E-state index contributed by atoms with van der Waals surface area (Å²) in [6.07, 6.45) is 3.39. The molecular weight excluding hydrogens is 264 g/mol. The molecular formula is C15H18N6. The predicted octanol–water partition coefficient (Wildman–Crippen LogP) is 1.31. The fourth-order valence-electron chi connectivity index (χ4n) is 2.53. The third-order valence-electron chi connectivity index (χ3n) is 3.88. The first-order valence-electron chi connectivity index (χ1n) is 7.08. The summed E-state index contributed by atoms with van der Waals surface area (Å²) < 4.78 is 0. The van der Waals surface area contributed by atoms with Crippen molar-refractivity contribution in [3.05, 3.63) is 41.6 Å². The number of rotatable bonds is 3. The highest BCUT2D eigenvalue weighted by atomic mass is 15.3. The number of imidazole rings is 1. The van der Waals surface area contributed by atoms with Crippen LogP contribution in [0.4, 0.5) is 5.82 Å². The maximum absolute atomic E-state index is 8.80. The summed E-state index contributed by atoms with van der Waals surface area (Å²) in [6, 6.07) is 5.84. The molecule has 0 unspecified atom stereocenters. The Morgan fingerprint density at radius 3 is 2.62 bits per heavy atom. The Morgan fingerprint density at radius 2 is 2.05 bits per heavy atom. The van der Waals surface area contributed by atoms with Crippen LogP contribution in [-0.4, -0.2) is 46.0 Å². The Kier molecular flexibility index (Phi) is 3.84. The van der Waals surface area contributed by atoms with Crippen molar-refractivity contribution in [3.63, 3.8) is 0 Å². The number of hydrogen-bond donors (Lipinski definition) is 1. The van der Waals surface area contributed by atoms with Crippen molar-refractivity contribution in [3.8, 4) is 6.07 Å². The van der Waals surface area contributed by atoms with Crippen molar-refractivity contribution in [2.45, 2.75) is 13.5 Å². The highest BCUT2D eigenvalue weighted by molar-refractivity contribution is 5.42. The number of H-pyrrole nitrogens is 1. The molecule has 21 heavy (non-hydrogen) atoms. The van der Waals surface area contributed by atoms with E-state index in [-0.39, 0.29) is 0 Å². The summed E-state index contributed by atoms with van der Waals surface area (Å²) in [4.78, 5) is 16.5. The summed E-state index contributed by atoms with van der Waals surface area (Å²) in [5, 5.41) is 8.80. The molecule has 0 spiro atoms. The number of aromatic amines is 1. The van der Waals surface area contributed by atoms with Crippen LogP contribution in [-0.2, 0) is 6.54 Å². The van der Waals surface area contributed by atoms with E-state index in [0.29, 0.717) is 5.56 Å². The second kappa shape index (κ2) is 5.94. The van der Waals surface area contributed by atoms with Gasteiger partial charge in [-0.3, -0.25) is 4.90 Å². The quantitative estimate of drug-likeness (QED) is 0.919. The number of pyridine rings is 1. The molecule has 3 rings (SSSR count). The van der Waals surface area contributed by atoms with Crippen LogP contribution < -0.4 is 4.90 Å². The minimum atomic E-state index is 0.603. The van der Waals surface area contributed by atoms with Gasteiger partial charge in [0.1, 0.15) is 11.9 Å². The zero-order chi connectivity index (χ0) is 14.7. The minimum Gasteiger partial charge on any atom is -0.354 e. The third-order valence-corrected chi connectivity index (χ3v) is 3.88. The monoisotopic (exact) mass is 282 g/mol. The molecule has 1 aliphatic rings. The predicted molar refractivity (Wildman–Crippen MR) is 79.8 cm³/mol. The van der Waals surface area contributed by atoms with Crippen LogP contribution in [0.5, 0.6) is 0 Å². The smallest absolute Gasteiger partial charge is 0.128 e. The largest absolute Gasteiger partial charge is 0.354 e. The Balaban J connectivity index is 1.57. The van der Waals surface area contributed by atoms with Gasteiger partial charge in [0.2, 0.25) is 0 Å².